The van der Waals surface area contributed by atoms with Gasteiger partial charge in [-0.15, -0.1) is 0 Å². The maximum absolute atomic E-state index is 12.9. The molecule has 28 heavy (non-hydrogen) atoms. The summed E-state index contributed by atoms with van der Waals surface area (Å²) < 4.78 is 43.3. The Morgan fingerprint density at radius 2 is 1.75 bits per heavy atom. The third-order valence-corrected chi connectivity index (χ3v) is 3.90. The van der Waals surface area contributed by atoms with Gasteiger partial charge in [-0.2, -0.15) is 13.2 Å². The van der Waals surface area contributed by atoms with Crippen LogP contribution in [0.25, 0.3) is 0 Å². The summed E-state index contributed by atoms with van der Waals surface area (Å²) in [5, 5.41) is 4.99. The first-order valence-electron chi connectivity index (χ1n) is 8.75. The molecule has 0 aliphatic rings. The van der Waals surface area contributed by atoms with E-state index in [1.165, 1.54) is 19.1 Å². The number of hydrogen-bond donors (Lipinski definition) is 2. The Hall–Kier alpha value is -2.58. The lowest BCUT2D eigenvalue weighted by Crippen LogP contribution is -2.52. The molecule has 0 aromatic heterocycles. The van der Waals surface area contributed by atoms with Crippen LogP contribution in [-0.2, 0) is 31.7 Å². The van der Waals surface area contributed by atoms with Crippen LogP contribution >= 0.6 is 0 Å². The van der Waals surface area contributed by atoms with Gasteiger partial charge >= 0.3 is 12.1 Å². The number of carbonyl (C=O) groups is 3. The van der Waals surface area contributed by atoms with Crippen molar-refractivity contribution in [3.63, 3.8) is 0 Å². The number of rotatable bonds is 8. The van der Waals surface area contributed by atoms with Gasteiger partial charge in [0.25, 0.3) is 0 Å². The molecule has 0 saturated heterocycles. The SMILES string of the molecule is COC(=O)[C@@H](Cc1cccc(C(F)(F)F)c1)NC(=O)[C@H](CC(C)C)NC(C)=O. The molecule has 9 heteroatoms. The molecule has 156 valence electrons. The zero-order chi connectivity index (χ0) is 21.5. The van der Waals surface area contributed by atoms with Crippen LogP contribution in [0.3, 0.4) is 0 Å². The van der Waals surface area contributed by atoms with Crippen molar-refractivity contribution in [2.24, 2.45) is 5.92 Å². The van der Waals surface area contributed by atoms with Crippen molar-refractivity contribution in [3.05, 3.63) is 35.4 Å². The number of nitrogens with one attached hydrogen (secondary N) is 2. The second-order valence-electron chi connectivity index (χ2n) is 6.87. The van der Waals surface area contributed by atoms with Crippen molar-refractivity contribution in [1.82, 2.24) is 10.6 Å². The molecule has 0 spiro atoms. The smallest absolute Gasteiger partial charge is 0.416 e. The van der Waals surface area contributed by atoms with Gasteiger partial charge in [0, 0.05) is 13.3 Å². The molecule has 0 fully saturated rings. The van der Waals surface area contributed by atoms with E-state index in [2.05, 4.69) is 15.4 Å². The summed E-state index contributed by atoms with van der Waals surface area (Å²) >= 11 is 0. The van der Waals surface area contributed by atoms with E-state index in [9.17, 15) is 27.6 Å². The topological polar surface area (TPSA) is 84.5 Å². The van der Waals surface area contributed by atoms with Gasteiger partial charge in [0.15, 0.2) is 0 Å². The van der Waals surface area contributed by atoms with Crippen molar-refractivity contribution in [3.8, 4) is 0 Å². The van der Waals surface area contributed by atoms with Crippen LogP contribution in [0.4, 0.5) is 13.2 Å². The summed E-state index contributed by atoms with van der Waals surface area (Å²) in [6.45, 7) is 4.99. The molecule has 2 amide bonds. The van der Waals surface area contributed by atoms with E-state index in [1.807, 2.05) is 13.8 Å². The van der Waals surface area contributed by atoms with Gasteiger partial charge < -0.3 is 15.4 Å². The second kappa shape index (κ2) is 10.1. The predicted molar refractivity (Wildman–Crippen MR) is 96.2 cm³/mol. The normalized spacial score (nSPS) is 13.6. The van der Waals surface area contributed by atoms with Gasteiger partial charge in [-0.25, -0.2) is 4.79 Å². The Balaban J connectivity index is 3.01. The zero-order valence-corrected chi connectivity index (χ0v) is 16.2. The minimum Gasteiger partial charge on any atom is -0.467 e. The summed E-state index contributed by atoms with van der Waals surface area (Å²) in [5.41, 5.74) is -0.638. The number of ether oxygens (including phenoxy) is 1. The third-order valence-electron chi connectivity index (χ3n) is 3.90. The maximum Gasteiger partial charge on any atom is 0.416 e. The zero-order valence-electron chi connectivity index (χ0n) is 16.2. The lowest BCUT2D eigenvalue weighted by molar-refractivity contribution is -0.145. The van der Waals surface area contributed by atoms with E-state index in [4.69, 9.17) is 0 Å². The van der Waals surface area contributed by atoms with Crippen molar-refractivity contribution in [2.45, 2.75) is 51.9 Å². The predicted octanol–water partition coefficient (Wildman–Crippen LogP) is 2.46. The average Bonchev–Trinajstić information content (AvgIpc) is 2.58. The fourth-order valence-electron chi connectivity index (χ4n) is 2.67. The number of methoxy groups -OCH3 is 1. The molecule has 0 heterocycles. The van der Waals surface area contributed by atoms with Gasteiger partial charge in [0.05, 0.1) is 12.7 Å². The molecule has 1 rings (SSSR count). The highest BCUT2D eigenvalue weighted by Crippen LogP contribution is 2.29. The molecule has 0 saturated carbocycles. The van der Waals surface area contributed by atoms with Crippen molar-refractivity contribution in [2.75, 3.05) is 7.11 Å². The third kappa shape index (κ3) is 7.58. The fourth-order valence-corrected chi connectivity index (χ4v) is 2.67. The highest BCUT2D eigenvalue weighted by molar-refractivity contribution is 5.90. The Morgan fingerprint density at radius 3 is 2.25 bits per heavy atom. The molecular formula is C19H25F3N2O4. The number of alkyl halides is 3. The minimum atomic E-state index is -4.52. The lowest BCUT2D eigenvalue weighted by Gasteiger charge is -2.23. The van der Waals surface area contributed by atoms with Gasteiger partial charge in [-0.3, -0.25) is 9.59 Å². The summed E-state index contributed by atoms with van der Waals surface area (Å²) in [6, 6.07) is 2.44. The summed E-state index contributed by atoms with van der Waals surface area (Å²) in [6.07, 6.45) is -4.37. The van der Waals surface area contributed by atoms with E-state index in [0.717, 1.165) is 19.2 Å². The molecule has 1 aromatic carbocycles. The maximum atomic E-state index is 12.9. The lowest BCUT2D eigenvalue weighted by atomic mass is 10.0. The van der Waals surface area contributed by atoms with E-state index in [0.29, 0.717) is 6.42 Å². The fraction of sp³-hybridized carbons (Fsp3) is 0.526. The number of carbonyl (C=O) groups excluding carboxylic acids is 3. The van der Waals surface area contributed by atoms with E-state index in [1.54, 1.807) is 0 Å². The van der Waals surface area contributed by atoms with E-state index < -0.39 is 41.6 Å². The molecule has 0 aliphatic carbocycles. The molecule has 1 aromatic rings. The highest BCUT2D eigenvalue weighted by Gasteiger charge is 2.31. The van der Waals surface area contributed by atoms with Crippen LogP contribution < -0.4 is 10.6 Å². The molecule has 0 bridgehead atoms. The van der Waals surface area contributed by atoms with Gasteiger partial charge in [-0.05, 0) is 24.0 Å². The molecule has 2 N–H and O–H groups in total. The summed E-state index contributed by atoms with van der Waals surface area (Å²) in [4.78, 5) is 36.0. The first-order chi connectivity index (χ1) is 12.9. The molecule has 0 unspecified atom stereocenters. The quantitative estimate of drug-likeness (QED) is 0.655. The molecule has 0 aliphatic heterocycles. The Labute approximate surface area is 161 Å². The van der Waals surface area contributed by atoms with Gasteiger partial charge in [-0.1, -0.05) is 32.0 Å². The Morgan fingerprint density at radius 1 is 1.11 bits per heavy atom. The first kappa shape index (κ1) is 23.5. The Kier molecular flexibility index (Phi) is 8.46. The highest BCUT2D eigenvalue weighted by atomic mass is 19.4. The van der Waals surface area contributed by atoms with Crippen LogP contribution in [0.1, 0.15) is 38.3 Å². The van der Waals surface area contributed by atoms with Crippen molar-refractivity contribution in [1.29, 1.82) is 0 Å². The number of esters is 1. The first-order valence-corrected chi connectivity index (χ1v) is 8.75. The number of amides is 2. The molecule has 2 atom stereocenters. The minimum absolute atomic E-state index is 0.0858. The number of hydrogen-bond acceptors (Lipinski definition) is 4. The largest absolute Gasteiger partial charge is 0.467 e. The Bertz CT molecular complexity index is 705. The molecular weight excluding hydrogens is 377 g/mol. The number of halogens is 3. The standard InChI is InChI=1S/C19H25F3N2O4/c1-11(2)8-15(23-12(3)25)17(26)24-16(18(27)28-4)10-13-6-5-7-14(9-13)19(20,21)22/h5-7,9,11,15-16H,8,10H2,1-4H3,(H,23,25)(H,24,26)/t15-,16+/m0/s1. The molecule has 6 nitrogen and oxygen atoms in total. The summed E-state index contributed by atoms with van der Waals surface area (Å²) in [7, 11) is 1.12. The van der Waals surface area contributed by atoms with Crippen molar-refractivity contribution >= 4 is 17.8 Å². The van der Waals surface area contributed by atoms with Crippen molar-refractivity contribution < 1.29 is 32.3 Å². The van der Waals surface area contributed by atoms with Crippen LogP contribution in [0.15, 0.2) is 24.3 Å². The van der Waals surface area contributed by atoms with Crippen LogP contribution in [0, 0.1) is 5.92 Å². The van der Waals surface area contributed by atoms with Gasteiger partial charge in [0.1, 0.15) is 12.1 Å². The molecule has 0 radical (unpaired) electrons. The van der Waals surface area contributed by atoms with Crippen LogP contribution in [0.2, 0.25) is 0 Å². The van der Waals surface area contributed by atoms with Crippen LogP contribution in [-0.4, -0.2) is 37.0 Å². The summed E-state index contributed by atoms with van der Waals surface area (Å²) in [5.74, 6) is -1.72. The van der Waals surface area contributed by atoms with E-state index >= 15 is 0 Å². The monoisotopic (exact) mass is 402 g/mol. The second-order valence-corrected chi connectivity index (χ2v) is 6.87. The van der Waals surface area contributed by atoms with E-state index in [-0.39, 0.29) is 17.9 Å². The number of benzene rings is 1. The average molecular weight is 402 g/mol. The van der Waals surface area contributed by atoms with Gasteiger partial charge in [0.2, 0.25) is 11.8 Å². The van der Waals surface area contributed by atoms with Crippen LogP contribution in [0.5, 0.6) is 0 Å².